The van der Waals surface area contributed by atoms with Crippen molar-refractivity contribution in [2.75, 3.05) is 5.32 Å². The summed E-state index contributed by atoms with van der Waals surface area (Å²) in [5.74, 6) is -0.997. The molecular formula is C11H11N3O2S. The molecule has 2 N–H and O–H groups in total. The van der Waals surface area contributed by atoms with Crippen LogP contribution in [0.3, 0.4) is 0 Å². The molecule has 0 aliphatic heterocycles. The predicted molar refractivity (Wildman–Crippen MR) is 65.3 cm³/mol. The molecule has 0 radical (unpaired) electrons. The number of carboxylic acids is 1. The number of carboxylic acid groups (broad SMARTS) is 1. The van der Waals surface area contributed by atoms with Crippen molar-refractivity contribution in [3.05, 3.63) is 40.6 Å². The molecule has 0 saturated carbocycles. The van der Waals surface area contributed by atoms with Gasteiger partial charge in [0, 0.05) is 23.5 Å². The summed E-state index contributed by atoms with van der Waals surface area (Å²) in [7, 11) is 0. The molecule has 0 aliphatic carbocycles. The maximum absolute atomic E-state index is 10.7. The van der Waals surface area contributed by atoms with Gasteiger partial charge in [-0.25, -0.2) is 9.78 Å². The van der Waals surface area contributed by atoms with E-state index < -0.39 is 5.97 Å². The average Bonchev–Trinajstić information content (AvgIpc) is 2.79. The number of nitrogens with one attached hydrogen (secondary N) is 1. The van der Waals surface area contributed by atoms with Crippen LogP contribution in [-0.2, 0) is 0 Å². The quantitative estimate of drug-likeness (QED) is 0.870. The molecular weight excluding hydrogens is 238 g/mol. The maximum Gasteiger partial charge on any atom is 0.355 e. The Labute approximate surface area is 102 Å². The Morgan fingerprint density at radius 3 is 2.76 bits per heavy atom. The lowest BCUT2D eigenvalue weighted by atomic mass is 10.3. The number of thiazole rings is 1. The van der Waals surface area contributed by atoms with E-state index in [0.717, 1.165) is 10.7 Å². The van der Waals surface area contributed by atoms with Crippen LogP contribution >= 0.6 is 11.3 Å². The highest BCUT2D eigenvalue weighted by Gasteiger charge is 2.13. The SMILES string of the molecule is CC(Nc1ccncc1)c1nc(C(=O)O)cs1. The molecule has 2 rings (SSSR count). The van der Waals surface area contributed by atoms with Crippen LogP contribution in [-0.4, -0.2) is 21.0 Å². The van der Waals surface area contributed by atoms with E-state index in [1.54, 1.807) is 17.8 Å². The summed E-state index contributed by atoms with van der Waals surface area (Å²) in [6.07, 6.45) is 3.39. The van der Waals surface area contributed by atoms with Crippen molar-refractivity contribution in [1.29, 1.82) is 0 Å². The molecule has 2 aromatic heterocycles. The predicted octanol–water partition coefficient (Wildman–Crippen LogP) is 2.41. The van der Waals surface area contributed by atoms with E-state index in [1.165, 1.54) is 11.3 Å². The largest absolute Gasteiger partial charge is 0.476 e. The molecule has 1 atom stereocenters. The Morgan fingerprint density at radius 1 is 1.47 bits per heavy atom. The molecule has 0 bridgehead atoms. The Kier molecular flexibility index (Phi) is 3.34. The second-order valence-corrected chi connectivity index (χ2v) is 4.37. The van der Waals surface area contributed by atoms with Gasteiger partial charge in [0.05, 0.1) is 6.04 Å². The molecule has 0 amide bonds. The monoisotopic (exact) mass is 249 g/mol. The van der Waals surface area contributed by atoms with Crippen molar-refractivity contribution in [2.24, 2.45) is 0 Å². The number of aromatic nitrogens is 2. The first-order valence-corrected chi connectivity index (χ1v) is 5.90. The van der Waals surface area contributed by atoms with Crippen molar-refractivity contribution in [1.82, 2.24) is 9.97 Å². The topological polar surface area (TPSA) is 75.1 Å². The Hall–Kier alpha value is -1.95. The average molecular weight is 249 g/mol. The number of aromatic carboxylic acids is 1. The van der Waals surface area contributed by atoms with Crippen LogP contribution in [0.4, 0.5) is 5.69 Å². The van der Waals surface area contributed by atoms with Crippen LogP contribution < -0.4 is 5.32 Å². The van der Waals surface area contributed by atoms with Crippen LogP contribution in [0.15, 0.2) is 29.9 Å². The zero-order chi connectivity index (χ0) is 12.3. The lowest BCUT2D eigenvalue weighted by Crippen LogP contribution is -2.07. The van der Waals surface area contributed by atoms with Gasteiger partial charge in [-0.15, -0.1) is 11.3 Å². The highest BCUT2D eigenvalue weighted by molar-refractivity contribution is 7.09. The van der Waals surface area contributed by atoms with Crippen LogP contribution in [0.25, 0.3) is 0 Å². The molecule has 0 spiro atoms. The van der Waals surface area contributed by atoms with Gasteiger partial charge >= 0.3 is 5.97 Å². The summed E-state index contributed by atoms with van der Waals surface area (Å²) >= 11 is 1.34. The number of nitrogens with zero attached hydrogens (tertiary/aromatic N) is 2. The van der Waals surface area contributed by atoms with Crippen molar-refractivity contribution < 1.29 is 9.90 Å². The van der Waals surface area contributed by atoms with Gasteiger partial charge < -0.3 is 10.4 Å². The lowest BCUT2D eigenvalue weighted by Gasteiger charge is -2.11. The standard InChI is InChI=1S/C11H11N3O2S/c1-7(13-8-2-4-12-5-3-8)10-14-9(6-17-10)11(15)16/h2-7H,1H3,(H,12,13)(H,15,16). The maximum atomic E-state index is 10.7. The molecule has 2 heterocycles. The Balaban J connectivity index is 2.09. The first-order chi connectivity index (χ1) is 8.16. The molecule has 6 heteroatoms. The number of pyridine rings is 1. The van der Waals surface area contributed by atoms with E-state index in [0.29, 0.717) is 0 Å². The summed E-state index contributed by atoms with van der Waals surface area (Å²) in [5, 5.41) is 14.3. The van der Waals surface area contributed by atoms with Crippen LogP contribution in [0.2, 0.25) is 0 Å². The fourth-order valence-corrected chi connectivity index (χ4v) is 2.14. The van der Waals surface area contributed by atoms with E-state index in [1.807, 2.05) is 19.1 Å². The Bertz CT molecular complexity index is 512. The Morgan fingerprint density at radius 2 is 2.18 bits per heavy atom. The molecule has 0 fully saturated rings. The molecule has 2 aromatic rings. The summed E-state index contributed by atoms with van der Waals surface area (Å²) in [6.45, 7) is 1.94. The van der Waals surface area contributed by atoms with E-state index in [9.17, 15) is 4.79 Å². The second kappa shape index (κ2) is 4.92. The van der Waals surface area contributed by atoms with Gasteiger partial charge in [-0.2, -0.15) is 0 Å². The minimum Gasteiger partial charge on any atom is -0.476 e. The highest BCUT2D eigenvalue weighted by atomic mass is 32.1. The van der Waals surface area contributed by atoms with Gasteiger partial charge in [0.15, 0.2) is 5.69 Å². The van der Waals surface area contributed by atoms with Gasteiger partial charge in [0.25, 0.3) is 0 Å². The van der Waals surface area contributed by atoms with E-state index in [-0.39, 0.29) is 11.7 Å². The fourth-order valence-electron chi connectivity index (χ4n) is 1.34. The van der Waals surface area contributed by atoms with Gasteiger partial charge in [-0.05, 0) is 19.1 Å². The normalized spacial score (nSPS) is 12.1. The summed E-state index contributed by atoms with van der Waals surface area (Å²) in [6, 6.07) is 3.67. The zero-order valence-corrected chi connectivity index (χ0v) is 9.94. The summed E-state index contributed by atoms with van der Waals surface area (Å²) in [4.78, 5) is 18.7. The van der Waals surface area contributed by atoms with Crippen LogP contribution in [0.5, 0.6) is 0 Å². The number of anilines is 1. The smallest absolute Gasteiger partial charge is 0.355 e. The molecule has 17 heavy (non-hydrogen) atoms. The zero-order valence-electron chi connectivity index (χ0n) is 9.12. The van der Waals surface area contributed by atoms with Crippen molar-refractivity contribution in [3.8, 4) is 0 Å². The third kappa shape index (κ3) is 2.79. The van der Waals surface area contributed by atoms with Gasteiger partial charge in [-0.3, -0.25) is 4.98 Å². The van der Waals surface area contributed by atoms with Crippen LogP contribution in [0.1, 0.15) is 28.5 Å². The molecule has 0 aliphatic rings. The molecule has 1 unspecified atom stereocenters. The third-order valence-corrected chi connectivity index (χ3v) is 3.20. The van der Waals surface area contributed by atoms with Crippen molar-refractivity contribution >= 4 is 23.0 Å². The summed E-state index contributed by atoms with van der Waals surface area (Å²) in [5.41, 5.74) is 1.02. The summed E-state index contributed by atoms with van der Waals surface area (Å²) < 4.78 is 0. The van der Waals surface area contributed by atoms with Crippen molar-refractivity contribution in [2.45, 2.75) is 13.0 Å². The van der Waals surface area contributed by atoms with Gasteiger partial charge in [0.2, 0.25) is 0 Å². The number of hydrogen-bond donors (Lipinski definition) is 2. The molecule has 5 nitrogen and oxygen atoms in total. The first kappa shape index (κ1) is 11.5. The second-order valence-electron chi connectivity index (χ2n) is 3.48. The van der Waals surface area contributed by atoms with E-state index in [4.69, 9.17) is 5.11 Å². The molecule has 0 saturated heterocycles. The molecule has 0 aromatic carbocycles. The number of hydrogen-bond acceptors (Lipinski definition) is 5. The van der Waals surface area contributed by atoms with E-state index >= 15 is 0 Å². The minimum atomic E-state index is -0.997. The molecule has 88 valence electrons. The minimum absolute atomic E-state index is 0.0319. The number of rotatable bonds is 4. The fraction of sp³-hybridized carbons (Fsp3) is 0.182. The van der Waals surface area contributed by atoms with Gasteiger partial charge in [-0.1, -0.05) is 0 Å². The highest BCUT2D eigenvalue weighted by Crippen LogP contribution is 2.21. The van der Waals surface area contributed by atoms with Crippen molar-refractivity contribution in [3.63, 3.8) is 0 Å². The first-order valence-electron chi connectivity index (χ1n) is 5.02. The van der Waals surface area contributed by atoms with Gasteiger partial charge in [0.1, 0.15) is 5.01 Å². The van der Waals surface area contributed by atoms with E-state index in [2.05, 4.69) is 15.3 Å². The third-order valence-electron chi connectivity index (χ3n) is 2.17. The van der Waals surface area contributed by atoms with Crippen LogP contribution in [0, 0.1) is 0 Å². The lowest BCUT2D eigenvalue weighted by molar-refractivity contribution is 0.0691. The number of carbonyl (C=O) groups is 1.